The highest BCUT2D eigenvalue weighted by molar-refractivity contribution is 6.05. The molecule has 6 rings (SSSR count). The highest BCUT2D eigenvalue weighted by atomic mass is 16.5. The minimum absolute atomic E-state index is 0.0831. The number of morpholine rings is 1. The van der Waals surface area contributed by atoms with Crippen LogP contribution in [0.4, 0.5) is 5.69 Å². The Labute approximate surface area is 218 Å². The summed E-state index contributed by atoms with van der Waals surface area (Å²) in [6.45, 7) is 3.09. The molecule has 192 valence electrons. The number of amides is 1. The Balaban J connectivity index is 1.33. The summed E-state index contributed by atoms with van der Waals surface area (Å²) in [4.78, 5) is 32.0. The second-order valence-corrected chi connectivity index (χ2v) is 9.11. The summed E-state index contributed by atoms with van der Waals surface area (Å²) in [6, 6.07) is 20.0. The first-order valence-corrected chi connectivity index (χ1v) is 12.4. The number of hydrogen-bond donors (Lipinski definition) is 1. The standard InChI is InChI=1S/C29H26N4O5/c1-36-27-10-3-20(17-30-27)19-2-8-24-23(16-19)29-25(38-24)9-11-28(35)33(29)22-6-4-21(5-7-22)31-26(34)18-32-12-14-37-15-13-32/h2-11,16-17H,12-15,18H2,1H3,(H,31,34). The molecule has 1 N–H and O–H groups in total. The number of benzene rings is 2. The lowest BCUT2D eigenvalue weighted by molar-refractivity contribution is -0.118. The number of hydrogen-bond acceptors (Lipinski definition) is 7. The minimum atomic E-state index is -0.180. The molecule has 2 aromatic carbocycles. The van der Waals surface area contributed by atoms with Gasteiger partial charge in [-0.15, -0.1) is 0 Å². The van der Waals surface area contributed by atoms with Crippen LogP contribution in [0, 0.1) is 0 Å². The average molecular weight is 511 g/mol. The van der Waals surface area contributed by atoms with E-state index in [1.54, 1.807) is 36.1 Å². The Morgan fingerprint density at radius 2 is 1.74 bits per heavy atom. The SMILES string of the molecule is COc1ccc(-c2ccc3oc4ccc(=O)n(-c5ccc(NC(=O)CN6CCOCC6)cc5)c4c3c2)cn1. The molecule has 9 nitrogen and oxygen atoms in total. The number of ether oxygens (including phenoxy) is 2. The molecule has 9 heteroatoms. The molecule has 3 aromatic heterocycles. The van der Waals surface area contributed by atoms with E-state index in [9.17, 15) is 9.59 Å². The second kappa shape index (κ2) is 10.1. The Morgan fingerprint density at radius 3 is 2.47 bits per heavy atom. The van der Waals surface area contributed by atoms with Crippen LogP contribution in [0.25, 0.3) is 38.9 Å². The number of fused-ring (bicyclic) bond motifs is 3. The number of aromatic nitrogens is 2. The molecule has 0 atom stereocenters. The van der Waals surface area contributed by atoms with Gasteiger partial charge in [-0.25, -0.2) is 4.98 Å². The van der Waals surface area contributed by atoms with Gasteiger partial charge in [0, 0.05) is 53.7 Å². The molecule has 38 heavy (non-hydrogen) atoms. The Kier molecular flexibility index (Phi) is 6.36. The maximum Gasteiger partial charge on any atom is 0.255 e. The zero-order valence-corrected chi connectivity index (χ0v) is 20.8. The molecule has 0 unspecified atom stereocenters. The maximum absolute atomic E-state index is 13.1. The third-order valence-electron chi connectivity index (χ3n) is 6.67. The lowest BCUT2D eigenvalue weighted by atomic mass is 10.1. The van der Waals surface area contributed by atoms with Crippen LogP contribution in [0.2, 0.25) is 0 Å². The normalized spacial score (nSPS) is 14.1. The third-order valence-corrected chi connectivity index (χ3v) is 6.67. The number of anilines is 1. The van der Waals surface area contributed by atoms with Crippen molar-refractivity contribution in [2.24, 2.45) is 0 Å². The van der Waals surface area contributed by atoms with Gasteiger partial charge in [0.2, 0.25) is 11.8 Å². The Bertz CT molecular complexity index is 1670. The average Bonchev–Trinajstić information content (AvgIpc) is 3.32. The van der Waals surface area contributed by atoms with Gasteiger partial charge in [0.25, 0.3) is 5.56 Å². The molecular weight excluding hydrogens is 484 g/mol. The van der Waals surface area contributed by atoms with Crippen LogP contribution in [-0.2, 0) is 9.53 Å². The van der Waals surface area contributed by atoms with Gasteiger partial charge in [-0.1, -0.05) is 6.07 Å². The predicted octanol–water partition coefficient (Wildman–Crippen LogP) is 4.08. The summed E-state index contributed by atoms with van der Waals surface area (Å²) < 4.78 is 18.2. The number of furan rings is 1. The summed E-state index contributed by atoms with van der Waals surface area (Å²) in [5, 5.41) is 3.75. The first-order valence-electron chi connectivity index (χ1n) is 12.4. The number of pyridine rings is 2. The molecule has 1 amide bonds. The van der Waals surface area contributed by atoms with Crippen LogP contribution in [-0.4, -0.2) is 60.3 Å². The molecule has 4 heterocycles. The molecular formula is C29H26N4O5. The van der Waals surface area contributed by atoms with E-state index in [1.807, 2.05) is 42.5 Å². The van der Waals surface area contributed by atoms with Crippen molar-refractivity contribution in [2.75, 3.05) is 45.3 Å². The lowest BCUT2D eigenvalue weighted by Crippen LogP contribution is -2.41. The Morgan fingerprint density at radius 1 is 0.974 bits per heavy atom. The van der Waals surface area contributed by atoms with Crippen LogP contribution in [0.1, 0.15) is 0 Å². The van der Waals surface area contributed by atoms with Crippen molar-refractivity contribution < 1.29 is 18.7 Å². The van der Waals surface area contributed by atoms with Gasteiger partial charge < -0.3 is 19.2 Å². The zero-order chi connectivity index (χ0) is 26.1. The molecule has 5 aromatic rings. The number of nitrogens with one attached hydrogen (secondary N) is 1. The van der Waals surface area contributed by atoms with Crippen molar-refractivity contribution in [1.82, 2.24) is 14.5 Å². The fraction of sp³-hybridized carbons (Fsp3) is 0.207. The highest BCUT2D eigenvalue weighted by Crippen LogP contribution is 2.33. The van der Waals surface area contributed by atoms with Gasteiger partial charge in [0.1, 0.15) is 11.1 Å². The summed E-state index contributed by atoms with van der Waals surface area (Å²) in [5.41, 5.74) is 4.98. The van der Waals surface area contributed by atoms with Gasteiger partial charge >= 0.3 is 0 Å². The lowest BCUT2D eigenvalue weighted by Gasteiger charge is -2.25. The van der Waals surface area contributed by atoms with Crippen molar-refractivity contribution in [2.45, 2.75) is 0 Å². The van der Waals surface area contributed by atoms with Crippen LogP contribution in [0.3, 0.4) is 0 Å². The van der Waals surface area contributed by atoms with E-state index in [-0.39, 0.29) is 11.5 Å². The first kappa shape index (κ1) is 23.9. The van der Waals surface area contributed by atoms with Crippen molar-refractivity contribution >= 4 is 33.7 Å². The number of carbonyl (C=O) groups excluding carboxylic acids is 1. The van der Waals surface area contributed by atoms with Gasteiger partial charge in [0.05, 0.1) is 26.9 Å². The molecule has 1 saturated heterocycles. The van der Waals surface area contributed by atoms with Gasteiger partial charge in [0.15, 0.2) is 5.58 Å². The van der Waals surface area contributed by atoms with Crippen molar-refractivity contribution in [3.63, 3.8) is 0 Å². The van der Waals surface area contributed by atoms with Crippen LogP contribution in [0.15, 0.2) is 82.1 Å². The number of nitrogens with zero attached hydrogens (tertiary/aromatic N) is 3. The quantitative estimate of drug-likeness (QED) is 0.368. The van der Waals surface area contributed by atoms with Crippen LogP contribution < -0.4 is 15.6 Å². The summed E-state index contributed by atoms with van der Waals surface area (Å²) in [6.07, 6.45) is 1.75. The van der Waals surface area contributed by atoms with Gasteiger partial charge in [-0.3, -0.25) is 19.1 Å². The van der Waals surface area contributed by atoms with E-state index < -0.39 is 0 Å². The summed E-state index contributed by atoms with van der Waals surface area (Å²) in [5.74, 6) is 0.457. The monoisotopic (exact) mass is 510 g/mol. The number of methoxy groups -OCH3 is 1. The predicted molar refractivity (Wildman–Crippen MR) is 145 cm³/mol. The van der Waals surface area contributed by atoms with Gasteiger partial charge in [-0.2, -0.15) is 0 Å². The smallest absolute Gasteiger partial charge is 0.255 e. The Hall–Kier alpha value is -4.47. The first-order chi connectivity index (χ1) is 18.6. The second-order valence-electron chi connectivity index (χ2n) is 9.11. The number of rotatable bonds is 6. The maximum atomic E-state index is 13.1. The van der Waals surface area contributed by atoms with E-state index in [0.717, 1.165) is 29.6 Å². The minimum Gasteiger partial charge on any atom is -0.481 e. The third kappa shape index (κ3) is 4.65. The van der Waals surface area contributed by atoms with Crippen molar-refractivity contribution in [3.8, 4) is 22.7 Å². The molecule has 0 aliphatic carbocycles. The topological polar surface area (TPSA) is 98.8 Å². The molecule has 0 bridgehead atoms. The van der Waals surface area contributed by atoms with Crippen molar-refractivity contribution in [3.05, 3.63) is 83.3 Å². The molecule has 1 aliphatic heterocycles. The largest absolute Gasteiger partial charge is 0.481 e. The van der Waals surface area contributed by atoms with Crippen LogP contribution in [0.5, 0.6) is 5.88 Å². The van der Waals surface area contributed by atoms with E-state index in [4.69, 9.17) is 13.9 Å². The molecule has 0 spiro atoms. The van der Waals surface area contributed by atoms with E-state index in [2.05, 4.69) is 15.2 Å². The zero-order valence-electron chi connectivity index (χ0n) is 20.8. The van der Waals surface area contributed by atoms with Crippen LogP contribution >= 0.6 is 0 Å². The van der Waals surface area contributed by atoms with Gasteiger partial charge in [-0.05, 0) is 54.1 Å². The molecule has 1 aliphatic rings. The fourth-order valence-corrected chi connectivity index (χ4v) is 4.74. The van der Waals surface area contributed by atoms with Crippen molar-refractivity contribution in [1.29, 1.82) is 0 Å². The molecule has 1 fully saturated rings. The molecule has 0 saturated carbocycles. The highest BCUT2D eigenvalue weighted by Gasteiger charge is 2.16. The molecule has 0 radical (unpaired) electrons. The summed E-state index contributed by atoms with van der Waals surface area (Å²) >= 11 is 0. The van der Waals surface area contributed by atoms with E-state index in [0.29, 0.717) is 53.7 Å². The number of carbonyl (C=O) groups is 1. The fourth-order valence-electron chi connectivity index (χ4n) is 4.74. The summed E-state index contributed by atoms with van der Waals surface area (Å²) in [7, 11) is 1.58. The van der Waals surface area contributed by atoms with E-state index >= 15 is 0 Å². The van der Waals surface area contributed by atoms with E-state index in [1.165, 1.54) is 6.07 Å².